The zero-order valence-corrected chi connectivity index (χ0v) is 24.2. The summed E-state index contributed by atoms with van der Waals surface area (Å²) in [5, 5.41) is 10.2. The van der Waals surface area contributed by atoms with Crippen LogP contribution in [0.15, 0.2) is 36.4 Å². The molecule has 1 unspecified atom stereocenters. The molecule has 9 heteroatoms. The van der Waals surface area contributed by atoms with Crippen LogP contribution in [0.1, 0.15) is 57.2 Å². The van der Waals surface area contributed by atoms with E-state index >= 15 is 0 Å². The number of rotatable bonds is 6. The fraction of sp³-hybridized carbons (Fsp3) is 0.548. The predicted molar refractivity (Wildman–Crippen MR) is 148 cm³/mol. The van der Waals surface area contributed by atoms with Gasteiger partial charge in [0.05, 0.1) is 5.92 Å². The van der Waals surface area contributed by atoms with Gasteiger partial charge in [-0.3, -0.25) is 19.4 Å². The van der Waals surface area contributed by atoms with Crippen LogP contribution in [0.5, 0.6) is 0 Å². The Labute approximate surface area is 234 Å². The van der Waals surface area contributed by atoms with Crippen molar-refractivity contribution in [3.8, 4) is 0 Å². The highest BCUT2D eigenvalue weighted by Crippen LogP contribution is 2.39. The number of carboxylic acid groups (broad SMARTS) is 1. The molecule has 2 heterocycles. The number of aliphatic carboxylic acids is 1. The summed E-state index contributed by atoms with van der Waals surface area (Å²) < 4.78 is 43.2. The zero-order chi connectivity index (χ0) is 29.6. The van der Waals surface area contributed by atoms with Gasteiger partial charge in [0, 0.05) is 62.7 Å². The predicted octanol–water partition coefficient (Wildman–Crippen LogP) is 4.84. The molecule has 2 fully saturated rings. The van der Waals surface area contributed by atoms with E-state index in [1.54, 1.807) is 30.9 Å². The Balaban J connectivity index is 1.55. The first-order valence-corrected chi connectivity index (χ1v) is 13.9. The molecule has 6 nitrogen and oxygen atoms in total. The van der Waals surface area contributed by atoms with E-state index in [4.69, 9.17) is 0 Å². The number of halogens is 3. The van der Waals surface area contributed by atoms with Crippen LogP contribution in [0.4, 0.5) is 13.2 Å². The van der Waals surface area contributed by atoms with Crippen molar-refractivity contribution in [1.29, 1.82) is 0 Å². The zero-order valence-electron chi connectivity index (χ0n) is 24.2. The third kappa shape index (κ3) is 5.91. The van der Waals surface area contributed by atoms with E-state index in [9.17, 15) is 27.9 Å². The van der Waals surface area contributed by atoms with Crippen LogP contribution < -0.4 is 0 Å². The number of hydrogen-bond acceptors (Lipinski definition) is 4. The summed E-state index contributed by atoms with van der Waals surface area (Å²) in [4.78, 5) is 32.3. The SMILES string of the molecule is Cc1ccc(CC(C)(C(=O)O)N2CCN(C(=O)[C@@H]3CN(C(C)(C)C)C[C@H]3c3ccc(F)cc3F)[C@@H](C)C2)c(F)c1. The van der Waals surface area contributed by atoms with Crippen LogP contribution in [0.25, 0.3) is 0 Å². The first-order valence-electron chi connectivity index (χ1n) is 13.9. The molecule has 0 aromatic heterocycles. The van der Waals surface area contributed by atoms with E-state index in [1.807, 2.05) is 32.6 Å². The van der Waals surface area contributed by atoms with Gasteiger partial charge in [-0.2, -0.15) is 0 Å². The van der Waals surface area contributed by atoms with E-state index in [-0.39, 0.29) is 23.9 Å². The Hall–Kier alpha value is -2.91. The van der Waals surface area contributed by atoms with Gasteiger partial charge in [0.15, 0.2) is 0 Å². The maximum absolute atomic E-state index is 14.9. The first kappa shape index (κ1) is 30.1. The fourth-order valence-corrected chi connectivity index (χ4v) is 6.15. The van der Waals surface area contributed by atoms with Gasteiger partial charge in [-0.25, -0.2) is 13.2 Å². The first-order chi connectivity index (χ1) is 18.6. The lowest BCUT2D eigenvalue weighted by molar-refractivity contribution is -0.154. The van der Waals surface area contributed by atoms with Crippen LogP contribution in [0.2, 0.25) is 0 Å². The highest BCUT2D eigenvalue weighted by molar-refractivity contribution is 5.82. The summed E-state index contributed by atoms with van der Waals surface area (Å²) in [6, 6.07) is 8.01. The van der Waals surface area contributed by atoms with Crippen molar-refractivity contribution < 1.29 is 27.9 Å². The van der Waals surface area contributed by atoms with Crippen LogP contribution >= 0.6 is 0 Å². The number of hydrogen-bond donors (Lipinski definition) is 1. The minimum absolute atomic E-state index is 0.00972. The number of carboxylic acids is 1. The molecule has 218 valence electrons. The lowest BCUT2D eigenvalue weighted by Gasteiger charge is -2.47. The Morgan fingerprint density at radius 3 is 2.20 bits per heavy atom. The maximum atomic E-state index is 14.9. The number of nitrogens with zero attached hydrogens (tertiary/aromatic N) is 3. The van der Waals surface area contributed by atoms with Crippen molar-refractivity contribution >= 4 is 11.9 Å². The second kappa shape index (κ2) is 11.2. The molecule has 4 atom stereocenters. The van der Waals surface area contributed by atoms with Crippen molar-refractivity contribution in [2.24, 2.45) is 5.92 Å². The van der Waals surface area contributed by atoms with E-state index in [0.29, 0.717) is 43.9 Å². The van der Waals surface area contributed by atoms with Gasteiger partial charge in [0.1, 0.15) is 23.0 Å². The average molecular weight is 560 g/mol. The van der Waals surface area contributed by atoms with Gasteiger partial charge < -0.3 is 10.0 Å². The molecule has 40 heavy (non-hydrogen) atoms. The minimum atomic E-state index is -1.37. The minimum Gasteiger partial charge on any atom is -0.480 e. The smallest absolute Gasteiger partial charge is 0.324 e. The number of carbonyl (C=O) groups excluding carboxylic acids is 1. The van der Waals surface area contributed by atoms with E-state index < -0.39 is 40.8 Å². The summed E-state index contributed by atoms with van der Waals surface area (Å²) in [6.07, 6.45) is -0.00972. The summed E-state index contributed by atoms with van der Waals surface area (Å²) in [7, 11) is 0. The van der Waals surface area contributed by atoms with Gasteiger partial charge >= 0.3 is 5.97 Å². The standard InChI is InChI=1S/C31H40F3N3O3/c1-19-7-8-21(26(33)13-19)15-31(6,29(39)40)35-11-12-37(20(2)16-35)28(38)25-18-36(30(3,4)5)17-24(25)23-10-9-22(32)14-27(23)34/h7-10,13-14,20,24-25H,11-12,15-18H2,1-6H3,(H,39,40)/t20-,24-,25+,31?/m0/s1. The Kier molecular flexibility index (Phi) is 8.39. The lowest BCUT2D eigenvalue weighted by Crippen LogP contribution is -2.64. The number of benzene rings is 2. The number of amides is 1. The molecule has 0 spiro atoms. The van der Waals surface area contributed by atoms with Crippen LogP contribution in [0.3, 0.4) is 0 Å². The number of carbonyl (C=O) groups is 2. The highest BCUT2D eigenvalue weighted by atomic mass is 19.1. The van der Waals surface area contributed by atoms with Crippen molar-refractivity contribution in [1.82, 2.24) is 14.7 Å². The Bertz CT molecular complexity index is 1280. The second-order valence-corrected chi connectivity index (χ2v) is 12.6. The highest BCUT2D eigenvalue weighted by Gasteiger charge is 2.48. The van der Waals surface area contributed by atoms with E-state index in [2.05, 4.69) is 4.90 Å². The van der Waals surface area contributed by atoms with Crippen molar-refractivity contribution in [2.45, 2.75) is 71.0 Å². The van der Waals surface area contributed by atoms with Gasteiger partial charge in [0.25, 0.3) is 0 Å². The summed E-state index contributed by atoms with van der Waals surface area (Å²) in [6.45, 7) is 13.2. The molecule has 2 aliphatic heterocycles. The van der Waals surface area contributed by atoms with Crippen molar-refractivity contribution in [2.75, 3.05) is 32.7 Å². The molecule has 0 saturated carbocycles. The number of likely N-dealkylation sites (tertiary alicyclic amines) is 1. The van der Waals surface area contributed by atoms with Gasteiger partial charge in [-0.05, 0) is 70.4 Å². The molecule has 2 aliphatic rings. The van der Waals surface area contributed by atoms with Gasteiger partial charge in [0.2, 0.25) is 5.91 Å². The number of piperazine rings is 1. The van der Waals surface area contributed by atoms with Crippen molar-refractivity contribution in [3.63, 3.8) is 0 Å². The van der Waals surface area contributed by atoms with Gasteiger partial charge in [-0.1, -0.05) is 18.2 Å². The largest absolute Gasteiger partial charge is 0.480 e. The molecule has 1 N–H and O–H groups in total. The molecule has 1 amide bonds. The molecule has 2 saturated heterocycles. The molecular weight excluding hydrogens is 519 g/mol. The normalized spacial score (nSPS) is 24.2. The molecule has 0 bridgehead atoms. The van der Waals surface area contributed by atoms with Crippen LogP contribution in [-0.2, 0) is 16.0 Å². The van der Waals surface area contributed by atoms with Crippen LogP contribution in [-0.4, -0.2) is 81.5 Å². The summed E-state index contributed by atoms with van der Waals surface area (Å²) in [5.41, 5.74) is -0.191. The third-order valence-electron chi connectivity index (χ3n) is 8.76. The van der Waals surface area contributed by atoms with Crippen molar-refractivity contribution in [3.05, 3.63) is 70.5 Å². The Morgan fingerprint density at radius 2 is 1.62 bits per heavy atom. The number of aryl methyl sites for hydroxylation is 1. The molecule has 2 aromatic rings. The van der Waals surface area contributed by atoms with Gasteiger partial charge in [-0.15, -0.1) is 0 Å². The summed E-state index contributed by atoms with van der Waals surface area (Å²) >= 11 is 0. The fourth-order valence-electron chi connectivity index (χ4n) is 6.15. The maximum Gasteiger partial charge on any atom is 0.324 e. The second-order valence-electron chi connectivity index (χ2n) is 12.6. The topological polar surface area (TPSA) is 64.1 Å². The average Bonchev–Trinajstić information content (AvgIpc) is 3.31. The summed E-state index contributed by atoms with van der Waals surface area (Å²) in [5.74, 6) is -3.88. The third-order valence-corrected chi connectivity index (χ3v) is 8.76. The van der Waals surface area contributed by atoms with Crippen LogP contribution in [0, 0.1) is 30.3 Å². The quantitative estimate of drug-likeness (QED) is 0.549. The lowest BCUT2D eigenvalue weighted by atomic mass is 9.86. The molecular formula is C31H40F3N3O3. The Morgan fingerprint density at radius 1 is 0.925 bits per heavy atom. The van der Waals surface area contributed by atoms with E-state index in [0.717, 1.165) is 11.6 Å². The molecule has 0 radical (unpaired) electrons. The molecule has 4 rings (SSSR count). The molecule has 0 aliphatic carbocycles. The molecule has 2 aromatic carbocycles. The monoisotopic (exact) mass is 559 g/mol. The van der Waals surface area contributed by atoms with E-state index in [1.165, 1.54) is 18.2 Å².